The molecular weight excluding hydrogens is 212 g/mol. The van der Waals surface area contributed by atoms with Gasteiger partial charge in [0.05, 0.1) is 5.25 Å². The average Bonchev–Trinajstić information content (AvgIpc) is 2.51. The average molecular weight is 234 g/mol. The highest BCUT2D eigenvalue weighted by atomic mass is 32.2. The van der Waals surface area contributed by atoms with Crippen molar-refractivity contribution in [2.75, 3.05) is 13.1 Å². The number of nitrogens with zero attached hydrogens (tertiary/aromatic N) is 1. The molecule has 4 nitrogen and oxygen atoms in total. The fraction of sp³-hybridized carbons (Fsp3) is 1.00. The van der Waals surface area contributed by atoms with E-state index in [1.807, 2.05) is 0 Å². The summed E-state index contributed by atoms with van der Waals surface area (Å²) in [5.41, 5.74) is 0. The molecule has 1 aliphatic rings. The molecule has 5 heteroatoms. The minimum Gasteiger partial charge on any atom is -0.299 e. The third-order valence-electron chi connectivity index (χ3n) is 2.90. The van der Waals surface area contributed by atoms with Gasteiger partial charge in [-0.1, -0.05) is 0 Å². The first-order valence-corrected chi connectivity index (χ1v) is 7.12. The van der Waals surface area contributed by atoms with Crippen LogP contribution in [0.4, 0.5) is 0 Å². The highest BCUT2D eigenvalue weighted by Crippen LogP contribution is 2.13. The van der Waals surface area contributed by atoms with Gasteiger partial charge in [-0.3, -0.25) is 4.90 Å². The summed E-state index contributed by atoms with van der Waals surface area (Å²) in [4.78, 5) is 2.30. The van der Waals surface area contributed by atoms with Crippen molar-refractivity contribution in [2.24, 2.45) is 0 Å². The normalized spacial score (nSPS) is 24.3. The van der Waals surface area contributed by atoms with E-state index >= 15 is 0 Å². The van der Waals surface area contributed by atoms with E-state index in [0.717, 1.165) is 19.5 Å². The van der Waals surface area contributed by atoms with Gasteiger partial charge in [-0.05, 0) is 34.1 Å². The summed E-state index contributed by atoms with van der Waals surface area (Å²) in [6, 6.07) is 0.596. The molecule has 0 amide bonds. The lowest BCUT2D eigenvalue weighted by molar-refractivity contribution is 0.271. The van der Waals surface area contributed by atoms with Crippen molar-refractivity contribution >= 4 is 10.0 Å². The lowest BCUT2D eigenvalue weighted by atomic mass is 10.3. The maximum Gasteiger partial charge on any atom is 0.214 e. The second-order valence-corrected chi connectivity index (χ2v) is 7.05. The number of hydrogen-bond acceptors (Lipinski definition) is 3. The Bertz CT molecular complexity index is 299. The zero-order valence-electron chi connectivity index (χ0n) is 10.0. The topological polar surface area (TPSA) is 49.4 Å². The molecule has 1 fully saturated rings. The Morgan fingerprint density at radius 2 is 1.87 bits per heavy atom. The van der Waals surface area contributed by atoms with Gasteiger partial charge >= 0.3 is 0 Å². The largest absolute Gasteiger partial charge is 0.299 e. The number of rotatable bonds is 4. The van der Waals surface area contributed by atoms with Crippen molar-refractivity contribution in [3.8, 4) is 0 Å². The van der Waals surface area contributed by atoms with Gasteiger partial charge < -0.3 is 0 Å². The predicted molar refractivity (Wildman–Crippen MR) is 62.3 cm³/mol. The Labute approximate surface area is 93.1 Å². The molecule has 1 saturated heterocycles. The first-order chi connectivity index (χ1) is 6.83. The molecule has 1 atom stereocenters. The molecule has 1 heterocycles. The van der Waals surface area contributed by atoms with Crippen LogP contribution in [-0.4, -0.2) is 43.7 Å². The van der Waals surface area contributed by atoms with Gasteiger partial charge in [-0.2, -0.15) is 0 Å². The van der Waals surface area contributed by atoms with Gasteiger partial charge in [0.1, 0.15) is 0 Å². The smallest absolute Gasteiger partial charge is 0.214 e. The Morgan fingerprint density at radius 3 is 2.27 bits per heavy atom. The second-order valence-electron chi connectivity index (χ2n) is 4.79. The molecule has 15 heavy (non-hydrogen) atoms. The summed E-state index contributed by atoms with van der Waals surface area (Å²) in [6.45, 7) is 9.51. The van der Waals surface area contributed by atoms with Crippen molar-refractivity contribution in [3.63, 3.8) is 0 Å². The Morgan fingerprint density at radius 1 is 1.27 bits per heavy atom. The van der Waals surface area contributed by atoms with E-state index < -0.39 is 10.0 Å². The minimum absolute atomic E-state index is 0.0970. The van der Waals surface area contributed by atoms with E-state index in [1.54, 1.807) is 13.8 Å². The SMILES string of the molecule is CC(C)N1CC[C@H](NS(=O)(=O)C(C)C)C1. The van der Waals surface area contributed by atoms with Crippen molar-refractivity contribution in [2.45, 2.75) is 51.4 Å². The molecule has 0 spiro atoms. The zero-order valence-corrected chi connectivity index (χ0v) is 10.8. The van der Waals surface area contributed by atoms with Crippen LogP contribution in [0.3, 0.4) is 0 Å². The first-order valence-electron chi connectivity index (χ1n) is 5.58. The Kier molecular flexibility index (Phi) is 4.14. The maximum absolute atomic E-state index is 11.6. The highest BCUT2D eigenvalue weighted by molar-refractivity contribution is 7.90. The standard InChI is InChI=1S/C10H22N2O2S/c1-8(2)12-6-5-10(7-12)11-15(13,14)9(3)4/h8-11H,5-7H2,1-4H3/t10-/m0/s1. The molecule has 1 aliphatic heterocycles. The monoisotopic (exact) mass is 234 g/mol. The number of likely N-dealkylation sites (tertiary alicyclic amines) is 1. The van der Waals surface area contributed by atoms with Gasteiger partial charge in [-0.25, -0.2) is 13.1 Å². The Hall–Kier alpha value is -0.130. The van der Waals surface area contributed by atoms with Gasteiger partial charge in [0.2, 0.25) is 10.0 Å². The fourth-order valence-electron chi connectivity index (χ4n) is 1.72. The summed E-state index contributed by atoms with van der Waals surface area (Å²) in [5, 5.41) is -0.342. The molecule has 0 radical (unpaired) electrons. The molecule has 1 rings (SSSR count). The van der Waals surface area contributed by atoms with Gasteiger partial charge in [0.15, 0.2) is 0 Å². The van der Waals surface area contributed by atoms with Crippen LogP contribution in [0.2, 0.25) is 0 Å². The summed E-state index contributed by atoms with van der Waals surface area (Å²) in [6.07, 6.45) is 0.921. The summed E-state index contributed by atoms with van der Waals surface area (Å²) in [7, 11) is -3.11. The quantitative estimate of drug-likeness (QED) is 0.782. The van der Waals surface area contributed by atoms with Crippen LogP contribution < -0.4 is 4.72 Å². The number of sulfonamides is 1. The molecule has 90 valence electrons. The lowest BCUT2D eigenvalue weighted by Crippen LogP contribution is -2.41. The van der Waals surface area contributed by atoms with Crippen molar-refractivity contribution < 1.29 is 8.42 Å². The third-order valence-corrected chi connectivity index (χ3v) is 4.80. The summed E-state index contributed by atoms with van der Waals surface area (Å²) in [5.74, 6) is 0. The molecule has 0 aromatic carbocycles. The van der Waals surface area contributed by atoms with Gasteiger partial charge in [0.25, 0.3) is 0 Å². The van der Waals surface area contributed by atoms with E-state index in [0.29, 0.717) is 6.04 Å². The predicted octanol–water partition coefficient (Wildman–Crippen LogP) is 0.797. The third kappa shape index (κ3) is 3.43. The number of hydrogen-bond donors (Lipinski definition) is 1. The van der Waals surface area contributed by atoms with Crippen LogP contribution in [0.25, 0.3) is 0 Å². The van der Waals surface area contributed by atoms with Crippen molar-refractivity contribution in [3.05, 3.63) is 0 Å². The van der Waals surface area contributed by atoms with Crippen LogP contribution in [0.1, 0.15) is 34.1 Å². The lowest BCUT2D eigenvalue weighted by Gasteiger charge is -2.20. The highest BCUT2D eigenvalue weighted by Gasteiger charge is 2.28. The van der Waals surface area contributed by atoms with E-state index in [4.69, 9.17) is 0 Å². The fourth-order valence-corrected chi connectivity index (χ4v) is 2.65. The Balaban J connectivity index is 2.50. The maximum atomic E-state index is 11.6. The molecule has 0 aromatic rings. The minimum atomic E-state index is -3.11. The van der Waals surface area contributed by atoms with Crippen molar-refractivity contribution in [1.29, 1.82) is 0 Å². The molecule has 0 saturated carbocycles. The molecule has 0 aromatic heterocycles. The molecule has 0 aliphatic carbocycles. The zero-order chi connectivity index (χ0) is 11.6. The van der Waals surface area contributed by atoms with E-state index in [9.17, 15) is 8.42 Å². The van der Waals surface area contributed by atoms with Crippen LogP contribution >= 0.6 is 0 Å². The molecule has 0 unspecified atom stereocenters. The van der Waals surface area contributed by atoms with Crippen molar-refractivity contribution in [1.82, 2.24) is 9.62 Å². The van der Waals surface area contributed by atoms with E-state index in [2.05, 4.69) is 23.5 Å². The summed E-state index contributed by atoms with van der Waals surface area (Å²) >= 11 is 0. The van der Waals surface area contributed by atoms with Crippen LogP contribution in [0.15, 0.2) is 0 Å². The number of nitrogens with one attached hydrogen (secondary N) is 1. The summed E-state index contributed by atoms with van der Waals surface area (Å²) < 4.78 is 26.0. The molecular formula is C10H22N2O2S. The molecule has 0 bridgehead atoms. The van der Waals surface area contributed by atoms with Crippen LogP contribution in [-0.2, 0) is 10.0 Å². The van der Waals surface area contributed by atoms with Gasteiger partial charge in [0, 0.05) is 25.2 Å². The first kappa shape index (κ1) is 12.9. The molecule has 1 N–H and O–H groups in total. The van der Waals surface area contributed by atoms with Crippen LogP contribution in [0, 0.1) is 0 Å². The van der Waals surface area contributed by atoms with E-state index in [1.165, 1.54) is 0 Å². The van der Waals surface area contributed by atoms with E-state index in [-0.39, 0.29) is 11.3 Å². The van der Waals surface area contributed by atoms with Gasteiger partial charge in [-0.15, -0.1) is 0 Å². The second kappa shape index (κ2) is 4.80. The van der Waals surface area contributed by atoms with Crippen LogP contribution in [0.5, 0.6) is 0 Å².